The molecule has 0 bridgehead atoms. The van der Waals surface area contributed by atoms with Gasteiger partial charge >= 0.3 is 0 Å². The summed E-state index contributed by atoms with van der Waals surface area (Å²) in [6.07, 6.45) is 7.98. The quantitative estimate of drug-likeness (QED) is 0.260. The summed E-state index contributed by atoms with van der Waals surface area (Å²) in [4.78, 5) is 16.2. The third kappa shape index (κ3) is 4.58. The predicted octanol–water partition coefficient (Wildman–Crippen LogP) is 6.20. The summed E-state index contributed by atoms with van der Waals surface area (Å²) in [6, 6.07) is 18.6. The summed E-state index contributed by atoms with van der Waals surface area (Å²) in [6.45, 7) is 4.29. The van der Waals surface area contributed by atoms with Crippen LogP contribution >= 0.6 is 0 Å². The maximum Gasteiger partial charge on any atom is 0.257 e. The molecule has 2 aromatic heterocycles. The molecule has 6 nitrogen and oxygen atoms in total. The number of fused-ring (bicyclic) bond motifs is 4. The average molecular weight is 493 g/mol. The van der Waals surface area contributed by atoms with Gasteiger partial charge in [-0.2, -0.15) is 0 Å². The van der Waals surface area contributed by atoms with Gasteiger partial charge in [0.1, 0.15) is 6.61 Å². The summed E-state index contributed by atoms with van der Waals surface area (Å²) >= 11 is 0. The zero-order valence-electron chi connectivity index (χ0n) is 21.6. The zero-order valence-corrected chi connectivity index (χ0v) is 21.6. The van der Waals surface area contributed by atoms with E-state index in [0.717, 1.165) is 47.3 Å². The van der Waals surface area contributed by atoms with Crippen LogP contribution in [0, 0.1) is 5.92 Å². The first-order valence-electron chi connectivity index (χ1n) is 13.0. The van der Waals surface area contributed by atoms with Crippen LogP contribution in [0.15, 0.2) is 72.0 Å². The molecule has 0 amide bonds. The molecule has 4 aromatic rings. The van der Waals surface area contributed by atoms with Crippen LogP contribution in [-0.4, -0.2) is 48.3 Å². The first-order valence-corrected chi connectivity index (χ1v) is 13.0. The van der Waals surface area contributed by atoms with Crippen molar-refractivity contribution in [2.45, 2.75) is 31.8 Å². The van der Waals surface area contributed by atoms with E-state index in [1.807, 2.05) is 36.7 Å². The molecule has 2 unspecified atom stereocenters. The van der Waals surface area contributed by atoms with Crippen LogP contribution in [0.4, 0.5) is 5.69 Å². The molecule has 1 spiro atoms. The molecule has 1 aliphatic heterocycles. The Labute approximate surface area is 218 Å². The molecule has 6 rings (SSSR count). The maximum absolute atomic E-state index is 6.25. The van der Waals surface area contributed by atoms with Crippen LogP contribution in [0.3, 0.4) is 0 Å². The van der Waals surface area contributed by atoms with Gasteiger partial charge in [-0.15, -0.1) is 0 Å². The van der Waals surface area contributed by atoms with Gasteiger partial charge in [-0.1, -0.05) is 43.3 Å². The van der Waals surface area contributed by atoms with Crippen LogP contribution < -0.4 is 9.47 Å². The average Bonchev–Trinajstić information content (AvgIpc) is 3.41. The smallest absolute Gasteiger partial charge is 0.257 e. The van der Waals surface area contributed by atoms with Crippen molar-refractivity contribution in [1.29, 1.82) is 0 Å². The Kier molecular flexibility index (Phi) is 6.13. The molecule has 3 heterocycles. The first kappa shape index (κ1) is 23.6. The second-order valence-corrected chi connectivity index (χ2v) is 10.5. The van der Waals surface area contributed by atoms with Gasteiger partial charge in [0.25, 0.3) is 5.88 Å². The highest BCUT2D eigenvalue weighted by atomic mass is 16.5. The van der Waals surface area contributed by atoms with E-state index in [0.29, 0.717) is 30.8 Å². The molecule has 2 atom stereocenters. The van der Waals surface area contributed by atoms with Crippen LogP contribution in [-0.2, 0) is 12.0 Å². The van der Waals surface area contributed by atoms with Crippen LogP contribution in [0.25, 0.3) is 22.0 Å². The van der Waals surface area contributed by atoms with E-state index in [1.54, 1.807) is 0 Å². The Balaban J connectivity index is 1.33. The molecule has 1 fully saturated rings. The van der Waals surface area contributed by atoms with Crippen molar-refractivity contribution in [3.05, 3.63) is 78.1 Å². The van der Waals surface area contributed by atoms with Crippen molar-refractivity contribution in [2.24, 2.45) is 10.9 Å². The second-order valence-electron chi connectivity index (χ2n) is 10.5. The van der Waals surface area contributed by atoms with E-state index in [9.17, 15) is 0 Å². The van der Waals surface area contributed by atoms with Crippen molar-refractivity contribution in [2.75, 3.05) is 27.2 Å². The van der Waals surface area contributed by atoms with E-state index < -0.39 is 0 Å². The van der Waals surface area contributed by atoms with Gasteiger partial charge in [0.15, 0.2) is 5.75 Å². The lowest BCUT2D eigenvalue weighted by Crippen LogP contribution is -2.16. The lowest BCUT2D eigenvalue weighted by atomic mass is 9.91. The normalized spacial score (nSPS) is 19.5. The summed E-state index contributed by atoms with van der Waals surface area (Å²) in [5.74, 6) is 1.79. The van der Waals surface area contributed by atoms with E-state index in [4.69, 9.17) is 14.5 Å². The van der Waals surface area contributed by atoms with Crippen molar-refractivity contribution >= 4 is 22.8 Å². The van der Waals surface area contributed by atoms with Gasteiger partial charge in [0, 0.05) is 40.9 Å². The zero-order chi connectivity index (χ0) is 25.4. The van der Waals surface area contributed by atoms with Gasteiger partial charge in [0.2, 0.25) is 0 Å². The third-order valence-electron chi connectivity index (χ3n) is 7.49. The molecule has 0 N–H and O–H groups in total. The first-order chi connectivity index (χ1) is 18.0. The minimum atomic E-state index is 0.0710. The van der Waals surface area contributed by atoms with Gasteiger partial charge in [0.05, 0.1) is 24.0 Å². The van der Waals surface area contributed by atoms with Gasteiger partial charge in [-0.05, 0) is 62.2 Å². The SMILES string of the molecule is CC1CC12C=Nc1cnc3ccc(-c4cnc(OCCCN(C)C)c(OCc5ccccc5)c4)cc3c12. The van der Waals surface area contributed by atoms with Crippen LogP contribution in [0.2, 0.25) is 0 Å². The topological polar surface area (TPSA) is 59.8 Å². The van der Waals surface area contributed by atoms with E-state index in [2.05, 4.69) is 72.4 Å². The molecular weight excluding hydrogens is 460 g/mol. The summed E-state index contributed by atoms with van der Waals surface area (Å²) in [7, 11) is 4.13. The van der Waals surface area contributed by atoms with E-state index >= 15 is 0 Å². The highest BCUT2D eigenvalue weighted by Gasteiger charge is 2.55. The Morgan fingerprint density at radius 2 is 1.81 bits per heavy atom. The standard InChI is InChI=1S/C31H32N4O2/c1-21-16-31(21)20-34-27-18-32-26-11-10-23(14-25(26)29(27)31)24-15-28(37-19-22-8-5-4-6-9-22)30(33-17-24)36-13-7-12-35(2)3/h4-6,8-11,14-15,17-18,20-21H,7,12-13,16,19H2,1-3H3. The highest BCUT2D eigenvalue weighted by Crippen LogP contribution is 2.59. The summed E-state index contributed by atoms with van der Waals surface area (Å²) in [5.41, 5.74) is 6.56. The van der Waals surface area contributed by atoms with Crippen molar-refractivity contribution in [3.63, 3.8) is 0 Å². The lowest BCUT2D eigenvalue weighted by Gasteiger charge is -2.15. The number of nitrogens with zero attached hydrogens (tertiary/aromatic N) is 4. The number of aliphatic imine (C=N–C) groups is 1. The largest absolute Gasteiger partial charge is 0.483 e. The van der Waals surface area contributed by atoms with Crippen molar-refractivity contribution < 1.29 is 9.47 Å². The number of hydrogen-bond acceptors (Lipinski definition) is 6. The number of benzene rings is 2. The molecule has 2 aromatic carbocycles. The molecule has 0 radical (unpaired) electrons. The second kappa shape index (κ2) is 9.60. The molecule has 1 saturated carbocycles. The number of aromatic nitrogens is 2. The third-order valence-corrected chi connectivity index (χ3v) is 7.49. The monoisotopic (exact) mass is 492 g/mol. The molecule has 188 valence electrons. The fourth-order valence-electron chi connectivity index (χ4n) is 5.26. The molecule has 2 aliphatic rings. The van der Waals surface area contributed by atoms with Gasteiger partial charge in [-0.3, -0.25) is 9.98 Å². The number of hydrogen-bond donors (Lipinski definition) is 0. The molecule has 1 aliphatic carbocycles. The Morgan fingerprint density at radius 3 is 2.59 bits per heavy atom. The van der Waals surface area contributed by atoms with Crippen LogP contribution in [0.5, 0.6) is 11.6 Å². The van der Waals surface area contributed by atoms with Crippen molar-refractivity contribution in [3.8, 4) is 22.8 Å². The molecule has 6 heteroatoms. The van der Waals surface area contributed by atoms with E-state index in [1.165, 1.54) is 10.9 Å². The van der Waals surface area contributed by atoms with Gasteiger partial charge < -0.3 is 14.4 Å². The highest BCUT2D eigenvalue weighted by molar-refractivity contribution is 6.00. The molecule has 0 saturated heterocycles. The minimum Gasteiger partial charge on any atom is -0.483 e. The Morgan fingerprint density at radius 1 is 0.973 bits per heavy atom. The van der Waals surface area contributed by atoms with Gasteiger partial charge in [-0.25, -0.2) is 4.98 Å². The number of pyridine rings is 2. The Bertz CT molecular complexity index is 1470. The summed E-state index contributed by atoms with van der Waals surface area (Å²) < 4.78 is 12.3. The fourth-order valence-corrected chi connectivity index (χ4v) is 5.26. The maximum atomic E-state index is 6.25. The van der Waals surface area contributed by atoms with Crippen molar-refractivity contribution in [1.82, 2.24) is 14.9 Å². The fraction of sp³-hybridized carbons (Fsp3) is 0.323. The lowest BCUT2D eigenvalue weighted by molar-refractivity contribution is 0.241. The molecular formula is C31H32N4O2. The number of rotatable bonds is 9. The summed E-state index contributed by atoms with van der Waals surface area (Å²) in [5, 5.41) is 1.17. The number of ether oxygens (including phenoxy) is 2. The minimum absolute atomic E-state index is 0.0710. The molecule has 37 heavy (non-hydrogen) atoms. The Hall–Kier alpha value is -3.77. The predicted molar refractivity (Wildman–Crippen MR) is 148 cm³/mol. The van der Waals surface area contributed by atoms with E-state index in [-0.39, 0.29) is 5.41 Å². The van der Waals surface area contributed by atoms with Crippen LogP contribution in [0.1, 0.15) is 30.9 Å².